The van der Waals surface area contributed by atoms with Gasteiger partial charge in [-0.1, -0.05) is 35.4 Å². The molecule has 0 amide bonds. The zero-order chi connectivity index (χ0) is 18.1. The monoisotopic (exact) mass is 372 g/mol. The molecule has 0 aliphatic heterocycles. The third-order valence-corrected chi connectivity index (χ3v) is 5.16. The number of nitrogens with one attached hydrogen (secondary N) is 1. The van der Waals surface area contributed by atoms with Gasteiger partial charge in [-0.15, -0.1) is 0 Å². The summed E-state index contributed by atoms with van der Waals surface area (Å²) < 4.78 is 4.69. The first-order valence-electron chi connectivity index (χ1n) is 7.72. The van der Waals surface area contributed by atoms with Crippen molar-refractivity contribution < 1.29 is 24.9 Å². The van der Waals surface area contributed by atoms with Gasteiger partial charge in [0.2, 0.25) is 0 Å². The molecule has 0 saturated carbocycles. The molecule has 140 valence electrons. The Morgan fingerprint density at radius 2 is 1.78 bits per heavy atom. The average Bonchev–Trinajstić information content (AvgIpc) is 2.58. The van der Waals surface area contributed by atoms with Gasteiger partial charge in [-0.2, -0.15) is 0 Å². The third kappa shape index (κ3) is 13.1. The van der Waals surface area contributed by atoms with E-state index in [4.69, 9.17) is 10.5 Å². The number of carbonyl (C=O) groups excluding carboxylic acids is 1. The summed E-state index contributed by atoms with van der Waals surface area (Å²) in [5, 5.41) is 32.2. The Morgan fingerprint density at radius 1 is 1.17 bits per heavy atom. The second-order valence-corrected chi connectivity index (χ2v) is 7.14. The van der Waals surface area contributed by atoms with E-state index in [1.165, 1.54) is 7.11 Å². The van der Waals surface area contributed by atoms with Gasteiger partial charge >= 0.3 is 0 Å². The fourth-order valence-electron chi connectivity index (χ4n) is 1.55. The Hall–Kier alpha value is 0.130. The van der Waals surface area contributed by atoms with Crippen LogP contribution in [-0.4, -0.2) is 84.8 Å². The van der Waals surface area contributed by atoms with Crippen molar-refractivity contribution in [3.63, 3.8) is 0 Å². The Morgan fingerprint density at radius 3 is 2.30 bits per heavy atom. The van der Waals surface area contributed by atoms with E-state index in [0.29, 0.717) is 19.4 Å². The van der Waals surface area contributed by atoms with Gasteiger partial charge in [0.1, 0.15) is 18.5 Å². The molecular formula is C14H32N2O5S2. The minimum absolute atomic E-state index is 0.105. The van der Waals surface area contributed by atoms with E-state index in [1.54, 1.807) is 21.6 Å². The molecule has 0 aromatic heterocycles. The number of aliphatic hydroxyl groups excluding tert-OH is 3. The fourth-order valence-corrected chi connectivity index (χ4v) is 3.35. The van der Waals surface area contributed by atoms with Crippen molar-refractivity contribution >= 4 is 27.9 Å². The quantitative estimate of drug-likeness (QED) is 0.156. The van der Waals surface area contributed by atoms with Gasteiger partial charge in [-0.3, -0.25) is 0 Å². The summed E-state index contributed by atoms with van der Waals surface area (Å²) in [5.74, 6) is 0.957. The van der Waals surface area contributed by atoms with E-state index in [2.05, 4.69) is 5.32 Å². The van der Waals surface area contributed by atoms with Crippen LogP contribution in [0.3, 0.4) is 0 Å². The van der Waals surface area contributed by atoms with E-state index in [0.717, 1.165) is 11.5 Å². The van der Waals surface area contributed by atoms with Gasteiger partial charge in [0.05, 0.1) is 18.6 Å². The summed E-state index contributed by atoms with van der Waals surface area (Å²) in [7, 11) is 4.74. The van der Waals surface area contributed by atoms with Crippen LogP contribution in [0.5, 0.6) is 0 Å². The van der Waals surface area contributed by atoms with Crippen LogP contribution in [0.1, 0.15) is 13.8 Å². The molecule has 0 saturated heterocycles. The number of aliphatic hydroxyl groups is 3. The largest absolute Gasteiger partial charge is 0.390 e. The standard InChI is InChI=1S/C12H26N2O5S2.C2H6/c1-19-8-10(16)12(18)11(17)9(7-15)6-14-3-5-21-20-4-2-13;1-2/h7,9-12,14,16-18H,2-6,8,13H2,1H3;1-2H3. The zero-order valence-electron chi connectivity index (χ0n) is 14.2. The van der Waals surface area contributed by atoms with Crippen LogP contribution in [0, 0.1) is 5.92 Å². The second kappa shape index (κ2) is 18.5. The lowest BCUT2D eigenvalue weighted by molar-refractivity contribution is -0.125. The van der Waals surface area contributed by atoms with Crippen LogP contribution in [0.2, 0.25) is 0 Å². The van der Waals surface area contributed by atoms with Crippen molar-refractivity contribution in [2.45, 2.75) is 32.2 Å². The molecule has 23 heavy (non-hydrogen) atoms. The SMILES string of the molecule is CC.COCC(O)C(O)C(O)C(C=O)CNCCSSCCN. The normalized spacial score (nSPS) is 16.0. The highest BCUT2D eigenvalue weighted by atomic mass is 33.1. The summed E-state index contributed by atoms with van der Waals surface area (Å²) >= 11 is 0. The van der Waals surface area contributed by atoms with Crippen molar-refractivity contribution in [1.29, 1.82) is 0 Å². The maximum Gasteiger partial charge on any atom is 0.127 e. The molecule has 0 bridgehead atoms. The van der Waals surface area contributed by atoms with Crippen LogP contribution < -0.4 is 11.1 Å². The average molecular weight is 373 g/mol. The summed E-state index contributed by atoms with van der Waals surface area (Å²) in [4.78, 5) is 11.0. The molecule has 0 aliphatic carbocycles. The Bertz CT molecular complexity index is 265. The molecule has 0 fully saturated rings. The molecule has 6 N–H and O–H groups in total. The number of rotatable bonds is 14. The van der Waals surface area contributed by atoms with Crippen LogP contribution >= 0.6 is 21.6 Å². The van der Waals surface area contributed by atoms with Gasteiger partial charge in [0.25, 0.3) is 0 Å². The van der Waals surface area contributed by atoms with Crippen LogP contribution in [0.4, 0.5) is 0 Å². The van der Waals surface area contributed by atoms with Crippen molar-refractivity contribution in [2.75, 3.05) is 44.9 Å². The molecular weight excluding hydrogens is 340 g/mol. The summed E-state index contributed by atoms with van der Waals surface area (Å²) in [6.07, 6.45) is -3.40. The van der Waals surface area contributed by atoms with E-state index in [9.17, 15) is 20.1 Å². The first-order chi connectivity index (χ1) is 11.1. The Balaban J connectivity index is 0. The molecule has 4 unspecified atom stereocenters. The van der Waals surface area contributed by atoms with Gasteiger partial charge < -0.3 is 35.9 Å². The molecule has 0 radical (unpaired) electrons. The number of nitrogens with two attached hydrogens (primary N) is 1. The predicted octanol–water partition coefficient (Wildman–Crippen LogP) is -0.513. The highest BCUT2D eigenvalue weighted by molar-refractivity contribution is 8.76. The lowest BCUT2D eigenvalue weighted by atomic mass is 9.96. The molecule has 0 aromatic rings. The third-order valence-electron chi connectivity index (χ3n) is 2.72. The maximum absolute atomic E-state index is 11.0. The highest BCUT2D eigenvalue weighted by Crippen LogP contribution is 2.19. The smallest absolute Gasteiger partial charge is 0.127 e. The van der Waals surface area contributed by atoms with E-state index in [-0.39, 0.29) is 13.2 Å². The van der Waals surface area contributed by atoms with Crippen molar-refractivity contribution in [2.24, 2.45) is 11.7 Å². The number of ether oxygens (including phenoxy) is 1. The number of methoxy groups -OCH3 is 1. The molecule has 0 aromatic carbocycles. The lowest BCUT2D eigenvalue weighted by Gasteiger charge is -2.26. The topological polar surface area (TPSA) is 125 Å². The van der Waals surface area contributed by atoms with Crippen LogP contribution in [0.15, 0.2) is 0 Å². The molecule has 0 spiro atoms. The number of aldehydes is 1. The van der Waals surface area contributed by atoms with E-state index < -0.39 is 24.2 Å². The first kappa shape index (κ1) is 25.4. The summed E-state index contributed by atoms with van der Waals surface area (Å²) in [5.41, 5.74) is 5.37. The van der Waals surface area contributed by atoms with Gasteiger partial charge in [0.15, 0.2) is 0 Å². The zero-order valence-corrected chi connectivity index (χ0v) is 15.8. The Labute approximate surface area is 147 Å². The summed E-state index contributed by atoms with van der Waals surface area (Å²) in [6, 6.07) is 0. The van der Waals surface area contributed by atoms with Gasteiger partial charge in [-0.05, 0) is 0 Å². The fraction of sp³-hybridized carbons (Fsp3) is 0.929. The number of carbonyl (C=O) groups is 1. The van der Waals surface area contributed by atoms with Gasteiger partial charge in [-0.25, -0.2) is 0 Å². The minimum atomic E-state index is -1.42. The second-order valence-electron chi connectivity index (χ2n) is 4.44. The first-order valence-corrected chi connectivity index (χ1v) is 10.2. The van der Waals surface area contributed by atoms with E-state index >= 15 is 0 Å². The van der Waals surface area contributed by atoms with Crippen LogP contribution in [0.25, 0.3) is 0 Å². The van der Waals surface area contributed by atoms with Gasteiger partial charge in [0, 0.05) is 38.2 Å². The molecule has 7 nitrogen and oxygen atoms in total. The number of hydrogen-bond acceptors (Lipinski definition) is 9. The molecule has 0 heterocycles. The van der Waals surface area contributed by atoms with Crippen molar-refractivity contribution in [3.05, 3.63) is 0 Å². The summed E-state index contributed by atoms with van der Waals surface area (Å²) in [6.45, 7) is 5.46. The molecule has 0 aliphatic rings. The maximum atomic E-state index is 11.0. The van der Waals surface area contributed by atoms with Crippen molar-refractivity contribution in [3.8, 4) is 0 Å². The number of hydrogen-bond donors (Lipinski definition) is 5. The minimum Gasteiger partial charge on any atom is -0.390 e. The highest BCUT2D eigenvalue weighted by Gasteiger charge is 2.30. The van der Waals surface area contributed by atoms with Crippen molar-refractivity contribution in [1.82, 2.24) is 5.32 Å². The van der Waals surface area contributed by atoms with Crippen LogP contribution in [-0.2, 0) is 9.53 Å². The molecule has 0 rings (SSSR count). The molecule has 9 heteroatoms. The van der Waals surface area contributed by atoms with E-state index in [1.807, 2.05) is 13.8 Å². The predicted molar refractivity (Wildman–Crippen MR) is 97.6 cm³/mol. The molecule has 4 atom stereocenters. The lowest BCUT2D eigenvalue weighted by Crippen LogP contribution is -2.47. The Kier molecular flexibility index (Phi) is 20.4.